The molecule has 7 nitrogen and oxygen atoms in total. The van der Waals surface area contributed by atoms with Crippen molar-refractivity contribution in [1.82, 2.24) is 9.88 Å². The van der Waals surface area contributed by atoms with Gasteiger partial charge in [0.1, 0.15) is 0 Å². The number of nitrogens with one attached hydrogen (secondary N) is 1. The predicted molar refractivity (Wildman–Crippen MR) is 142 cm³/mol. The minimum atomic E-state index is -3.65. The highest BCUT2D eigenvalue weighted by atomic mass is 35.5. The van der Waals surface area contributed by atoms with Gasteiger partial charge >= 0.3 is 5.97 Å². The van der Waals surface area contributed by atoms with E-state index in [0.29, 0.717) is 40.4 Å². The second kappa shape index (κ2) is 9.78. The lowest BCUT2D eigenvalue weighted by atomic mass is 9.93. The first-order valence-corrected chi connectivity index (χ1v) is 13.8. The van der Waals surface area contributed by atoms with Gasteiger partial charge in [-0.2, -0.15) is 0 Å². The summed E-state index contributed by atoms with van der Waals surface area (Å²) >= 11 is 6.12. The van der Waals surface area contributed by atoms with Gasteiger partial charge in [-0.25, -0.2) is 13.1 Å². The molecule has 1 saturated carbocycles. The summed E-state index contributed by atoms with van der Waals surface area (Å²) in [7, 11) is -3.65. The topological polar surface area (TPSA) is 110 Å². The van der Waals surface area contributed by atoms with Crippen LogP contribution in [-0.4, -0.2) is 24.7 Å². The average Bonchev–Trinajstić information content (AvgIpc) is 3.62. The maximum Gasteiger partial charge on any atom is 0.314 e. The van der Waals surface area contributed by atoms with Crippen molar-refractivity contribution in [3.63, 3.8) is 0 Å². The molecule has 5 rings (SSSR count). The van der Waals surface area contributed by atoms with Crippen LogP contribution in [0.15, 0.2) is 77.3 Å². The number of sulfonamides is 1. The first kappa shape index (κ1) is 25.2. The van der Waals surface area contributed by atoms with Crippen LogP contribution in [0.1, 0.15) is 35.2 Å². The number of carbonyl (C=O) groups is 1. The lowest BCUT2D eigenvalue weighted by molar-refractivity contribution is -0.140. The highest BCUT2D eigenvalue weighted by molar-refractivity contribution is 7.88. The zero-order valence-electron chi connectivity index (χ0n) is 20.1. The van der Waals surface area contributed by atoms with Crippen LogP contribution in [0, 0.1) is 6.92 Å². The number of aromatic nitrogens is 1. The van der Waals surface area contributed by atoms with Crippen LogP contribution in [0.25, 0.3) is 22.5 Å². The van der Waals surface area contributed by atoms with Crippen LogP contribution in [-0.2, 0) is 32.5 Å². The summed E-state index contributed by atoms with van der Waals surface area (Å²) in [5.74, 6) is -0.501. The number of aliphatic carboxylic acids is 1. The van der Waals surface area contributed by atoms with Gasteiger partial charge < -0.3 is 9.63 Å². The van der Waals surface area contributed by atoms with E-state index >= 15 is 0 Å². The van der Waals surface area contributed by atoms with Gasteiger partial charge in [-0.15, -0.1) is 0 Å². The van der Waals surface area contributed by atoms with Gasteiger partial charge in [0.25, 0.3) is 0 Å². The summed E-state index contributed by atoms with van der Waals surface area (Å²) in [5.41, 5.74) is 4.59. The lowest BCUT2D eigenvalue weighted by Crippen LogP contribution is -2.25. The zero-order chi connectivity index (χ0) is 26.2. The Bertz CT molecular complexity index is 1560. The van der Waals surface area contributed by atoms with E-state index in [-0.39, 0.29) is 12.3 Å². The van der Waals surface area contributed by atoms with Crippen molar-refractivity contribution in [2.24, 2.45) is 0 Å². The Labute approximate surface area is 220 Å². The Morgan fingerprint density at radius 3 is 2.19 bits per heavy atom. The molecule has 1 aliphatic carbocycles. The van der Waals surface area contributed by atoms with Crippen LogP contribution < -0.4 is 4.72 Å². The Morgan fingerprint density at radius 2 is 1.59 bits per heavy atom. The molecule has 1 heterocycles. The number of hydrogen-bond donors (Lipinski definition) is 2. The van der Waals surface area contributed by atoms with Crippen molar-refractivity contribution < 1.29 is 22.8 Å². The summed E-state index contributed by atoms with van der Waals surface area (Å²) < 4.78 is 33.5. The van der Waals surface area contributed by atoms with Crippen LogP contribution in [0.5, 0.6) is 0 Å². The quantitative estimate of drug-likeness (QED) is 0.284. The second-order valence-electron chi connectivity index (χ2n) is 9.29. The van der Waals surface area contributed by atoms with Crippen molar-refractivity contribution >= 4 is 27.6 Å². The smallest absolute Gasteiger partial charge is 0.314 e. The van der Waals surface area contributed by atoms with Gasteiger partial charge in [-0.05, 0) is 48.1 Å². The summed E-state index contributed by atoms with van der Waals surface area (Å²) in [5, 5.41) is 14.0. The minimum Gasteiger partial charge on any atom is -0.481 e. The molecule has 1 aliphatic rings. The fourth-order valence-electron chi connectivity index (χ4n) is 4.42. The molecule has 0 radical (unpaired) electrons. The molecule has 9 heteroatoms. The molecule has 37 heavy (non-hydrogen) atoms. The third-order valence-corrected chi connectivity index (χ3v) is 8.48. The van der Waals surface area contributed by atoms with E-state index in [0.717, 1.165) is 22.3 Å². The molecule has 0 spiro atoms. The van der Waals surface area contributed by atoms with Gasteiger partial charge in [0.2, 0.25) is 10.0 Å². The molecule has 1 fully saturated rings. The number of aryl methyl sites for hydroxylation is 1. The number of nitrogens with zero attached hydrogens (tertiary/aromatic N) is 1. The monoisotopic (exact) mass is 536 g/mol. The molecule has 190 valence electrons. The largest absolute Gasteiger partial charge is 0.481 e. The molecule has 0 aliphatic heterocycles. The number of halogens is 1. The maximum absolute atomic E-state index is 12.7. The SMILES string of the molecule is Cc1noc(-c2ccc(-c3ccc(C4(C(=O)O)CC4)cc3)cc2)c1CNS(=O)(=O)Cc1ccccc1Cl. The van der Waals surface area contributed by atoms with E-state index in [1.54, 1.807) is 31.2 Å². The van der Waals surface area contributed by atoms with Crippen molar-refractivity contribution in [1.29, 1.82) is 0 Å². The number of hydrogen-bond acceptors (Lipinski definition) is 5. The molecule has 3 aromatic carbocycles. The van der Waals surface area contributed by atoms with Crippen LogP contribution in [0.4, 0.5) is 0 Å². The van der Waals surface area contributed by atoms with E-state index < -0.39 is 21.4 Å². The molecule has 1 aromatic heterocycles. The van der Waals surface area contributed by atoms with Gasteiger partial charge in [0.15, 0.2) is 5.76 Å². The fraction of sp³-hybridized carbons (Fsp3) is 0.214. The Kier molecular flexibility index (Phi) is 6.66. The van der Waals surface area contributed by atoms with Gasteiger partial charge in [0, 0.05) is 22.7 Å². The average molecular weight is 537 g/mol. The highest BCUT2D eigenvalue weighted by Crippen LogP contribution is 2.48. The van der Waals surface area contributed by atoms with Crippen LogP contribution in [0.2, 0.25) is 5.02 Å². The number of benzene rings is 3. The summed E-state index contributed by atoms with van der Waals surface area (Å²) in [6.07, 6.45) is 1.34. The first-order valence-electron chi connectivity index (χ1n) is 11.8. The van der Waals surface area contributed by atoms with E-state index in [1.165, 1.54) is 0 Å². The summed E-state index contributed by atoms with van der Waals surface area (Å²) in [6, 6.07) is 22.2. The maximum atomic E-state index is 12.7. The molecule has 0 atom stereocenters. The molecule has 0 unspecified atom stereocenters. The Balaban J connectivity index is 1.31. The minimum absolute atomic E-state index is 0.0337. The molecule has 2 N–H and O–H groups in total. The molecule has 4 aromatic rings. The molecular formula is C28H25ClN2O5S. The van der Waals surface area contributed by atoms with E-state index in [4.69, 9.17) is 16.1 Å². The van der Waals surface area contributed by atoms with Crippen LogP contribution in [0.3, 0.4) is 0 Å². The van der Waals surface area contributed by atoms with Crippen molar-refractivity contribution in [2.75, 3.05) is 0 Å². The van der Waals surface area contributed by atoms with Crippen LogP contribution >= 0.6 is 11.6 Å². The second-order valence-corrected chi connectivity index (χ2v) is 11.5. The van der Waals surface area contributed by atoms with Crippen molar-refractivity contribution in [3.05, 3.63) is 100 Å². The third-order valence-electron chi connectivity index (χ3n) is 6.83. The molecule has 0 amide bonds. The number of rotatable bonds is 9. The summed E-state index contributed by atoms with van der Waals surface area (Å²) in [4.78, 5) is 11.6. The number of carboxylic acid groups (broad SMARTS) is 1. The predicted octanol–water partition coefficient (Wildman–Crippen LogP) is 5.71. The lowest BCUT2D eigenvalue weighted by Gasteiger charge is -2.11. The van der Waals surface area contributed by atoms with Crippen molar-refractivity contribution in [2.45, 2.75) is 37.5 Å². The van der Waals surface area contributed by atoms with E-state index in [2.05, 4.69) is 9.88 Å². The Hall–Kier alpha value is -3.46. The van der Waals surface area contributed by atoms with E-state index in [1.807, 2.05) is 48.5 Å². The van der Waals surface area contributed by atoms with Crippen molar-refractivity contribution in [3.8, 4) is 22.5 Å². The van der Waals surface area contributed by atoms with Gasteiger partial charge in [0.05, 0.1) is 16.9 Å². The molecule has 0 bridgehead atoms. The highest BCUT2D eigenvalue weighted by Gasteiger charge is 2.51. The Morgan fingerprint density at radius 1 is 1.00 bits per heavy atom. The standard InChI is InChI=1S/C28H25ClN2O5S/c1-18-24(16-30-37(34,35)17-22-4-2-3-5-25(22)29)26(36-31-18)21-8-6-19(7-9-21)20-10-12-23(13-11-20)28(14-15-28)27(32)33/h2-13,30H,14-17H2,1H3,(H,32,33). The molecule has 0 saturated heterocycles. The number of carboxylic acids is 1. The van der Waals surface area contributed by atoms with E-state index in [9.17, 15) is 18.3 Å². The third kappa shape index (κ3) is 5.18. The molecular weight excluding hydrogens is 512 g/mol. The fourth-order valence-corrected chi connectivity index (χ4v) is 5.83. The zero-order valence-corrected chi connectivity index (χ0v) is 21.6. The van der Waals surface area contributed by atoms with Gasteiger partial charge in [-0.3, -0.25) is 4.79 Å². The van der Waals surface area contributed by atoms with Gasteiger partial charge in [-0.1, -0.05) is 83.5 Å². The normalized spacial score (nSPS) is 14.4. The first-order chi connectivity index (χ1) is 17.7. The summed E-state index contributed by atoms with van der Waals surface area (Å²) in [6.45, 7) is 1.80.